The first-order chi connectivity index (χ1) is 8.61. The Hall–Kier alpha value is -1.26. The van der Waals surface area contributed by atoms with Crippen LogP contribution in [0.5, 0.6) is 0 Å². The lowest BCUT2D eigenvalue weighted by Crippen LogP contribution is -2.06. The van der Waals surface area contributed by atoms with Crippen LogP contribution in [0, 0.1) is 11.6 Å². The summed E-state index contributed by atoms with van der Waals surface area (Å²) in [5, 5.41) is 9.94. The Morgan fingerprint density at radius 3 is 2.28 bits per heavy atom. The zero-order valence-corrected chi connectivity index (χ0v) is 10.8. The maximum absolute atomic E-state index is 13.5. The highest BCUT2D eigenvalue weighted by Crippen LogP contribution is 2.27. The summed E-state index contributed by atoms with van der Waals surface area (Å²) >= 11 is 1.56. The third kappa shape index (κ3) is 2.76. The average molecular weight is 268 g/mol. The molecule has 0 fully saturated rings. The van der Waals surface area contributed by atoms with Gasteiger partial charge >= 0.3 is 0 Å². The van der Waals surface area contributed by atoms with Crippen molar-refractivity contribution in [3.8, 4) is 0 Å². The number of rotatable bonds is 4. The molecular weight excluding hydrogens is 254 g/mol. The van der Waals surface area contributed by atoms with Gasteiger partial charge in [0.2, 0.25) is 0 Å². The fourth-order valence-corrected chi connectivity index (χ4v) is 2.84. The Morgan fingerprint density at radius 2 is 1.72 bits per heavy atom. The van der Waals surface area contributed by atoms with Crippen LogP contribution in [0.15, 0.2) is 30.3 Å². The van der Waals surface area contributed by atoms with Crippen molar-refractivity contribution in [1.29, 1.82) is 0 Å². The first kappa shape index (κ1) is 13.2. The lowest BCUT2D eigenvalue weighted by Gasteiger charge is -2.11. The molecule has 1 atom stereocenters. The quantitative estimate of drug-likeness (QED) is 0.892. The smallest absolute Gasteiger partial charge is 0.131 e. The van der Waals surface area contributed by atoms with Gasteiger partial charge in [0.05, 0.1) is 11.7 Å². The SMILES string of the molecule is CCc1ccc(CC(O)c2c(F)cccc2F)s1. The largest absolute Gasteiger partial charge is 0.388 e. The van der Waals surface area contributed by atoms with Gasteiger partial charge in [0.15, 0.2) is 0 Å². The van der Waals surface area contributed by atoms with Crippen LogP contribution in [0.25, 0.3) is 0 Å². The molecule has 0 aliphatic rings. The molecular formula is C14H14F2OS. The van der Waals surface area contributed by atoms with Gasteiger partial charge in [-0.2, -0.15) is 0 Å². The van der Waals surface area contributed by atoms with Crippen LogP contribution in [0.4, 0.5) is 8.78 Å². The predicted octanol–water partition coefficient (Wildman–Crippen LogP) is 3.86. The van der Waals surface area contributed by atoms with Crippen LogP contribution < -0.4 is 0 Å². The van der Waals surface area contributed by atoms with Gasteiger partial charge < -0.3 is 5.11 Å². The second-order valence-electron chi connectivity index (χ2n) is 4.08. The number of aryl methyl sites for hydroxylation is 1. The number of thiophene rings is 1. The van der Waals surface area contributed by atoms with Gasteiger partial charge in [-0.05, 0) is 30.7 Å². The number of aliphatic hydroxyl groups is 1. The third-order valence-electron chi connectivity index (χ3n) is 2.79. The van der Waals surface area contributed by atoms with Gasteiger partial charge in [-0.15, -0.1) is 11.3 Å². The molecule has 96 valence electrons. The summed E-state index contributed by atoms with van der Waals surface area (Å²) in [4.78, 5) is 2.13. The maximum atomic E-state index is 13.5. The van der Waals surface area contributed by atoms with E-state index in [0.29, 0.717) is 0 Å². The molecule has 1 nitrogen and oxygen atoms in total. The summed E-state index contributed by atoms with van der Waals surface area (Å²) in [5.74, 6) is -1.40. The van der Waals surface area contributed by atoms with Crippen molar-refractivity contribution in [2.45, 2.75) is 25.9 Å². The van der Waals surface area contributed by atoms with Crippen LogP contribution in [-0.4, -0.2) is 5.11 Å². The molecule has 0 spiro atoms. The number of hydrogen-bond acceptors (Lipinski definition) is 2. The minimum atomic E-state index is -1.14. The molecule has 1 heterocycles. The van der Waals surface area contributed by atoms with Crippen molar-refractivity contribution in [2.24, 2.45) is 0 Å². The van der Waals surface area contributed by atoms with Crippen LogP contribution in [0.1, 0.15) is 28.3 Å². The van der Waals surface area contributed by atoms with E-state index in [0.717, 1.165) is 23.4 Å². The topological polar surface area (TPSA) is 20.2 Å². The molecule has 1 N–H and O–H groups in total. The van der Waals surface area contributed by atoms with E-state index in [2.05, 4.69) is 0 Å². The van der Waals surface area contributed by atoms with Crippen LogP contribution in [0.2, 0.25) is 0 Å². The van der Waals surface area contributed by atoms with Gasteiger partial charge in [0, 0.05) is 16.2 Å². The summed E-state index contributed by atoms with van der Waals surface area (Å²) in [5.41, 5.74) is -0.246. The Kier molecular flexibility index (Phi) is 4.09. The van der Waals surface area contributed by atoms with Crippen molar-refractivity contribution in [3.05, 3.63) is 57.3 Å². The summed E-state index contributed by atoms with van der Waals surface area (Å²) < 4.78 is 27.0. The number of benzene rings is 1. The molecule has 0 saturated carbocycles. The molecule has 4 heteroatoms. The highest BCUT2D eigenvalue weighted by atomic mass is 32.1. The fraction of sp³-hybridized carbons (Fsp3) is 0.286. The molecule has 0 bridgehead atoms. The van der Waals surface area contributed by atoms with Gasteiger partial charge in [0.1, 0.15) is 11.6 Å². The second kappa shape index (κ2) is 5.59. The maximum Gasteiger partial charge on any atom is 0.131 e. The molecule has 2 rings (SSSR count). The van der Waals surface area contributed by atoms with Crippen LogP contribution in [0.3, 0.4) is 0 Å². The average Bonchev–Trinajstić information content (AvgIpc) is 2.76. The summed E-state index contributed by atoms with van der Waals surface area (Å²) in [6.45, 7) is 2.04. The summed E-state index contributed by atoms with van der Waals surface area (Å²) in [7, 11) is 0. The van der Waals surface area contributed by atoms with Crippen molar-refractivity contribution >= 4 is 11.3 Å². The van der Waals surface area contributed by atoms with E-state index in [-0.39, 0.29) is 12.0 Å². The number of aliphatic hydroxyl groups excluding tert-OH is 1. The van der Waals surface area contributed by atoms with E-state index in [1.165, 1.54) is 10.9 Å². The highest BCUT2D eigenvalue weighted by Gasteiger charge is 2.18. The van der Waals surface area contributed by atoms with Crippen molar-refractivity contribution < 1.29 is 13.9 Å². The Morgan fingerprint density at radius 1 is 1.11 bits per heavy atom. The van der Waals surface area contributed by atoms with Gasteiger partial charge in [-0.1, -0.05) is 13.0 Å². The Labute approximate surface area is 109 Å². The number of halogens is 2. The third-order valence-corrected chi connectivity index (χ3v) is 4.05. The lowest BCUT2D eigenvalue weighted by atomic mass is 10.0. The first-order valence-corrected chi connectivity index (χ1v) is 6.63. The normalized spacial score (nSPS) is 12.7. The predicted molar refractivity (Wildman–Crippen MR) is 68.7 cm³/mol. The summed E-state index contributed by atoms with van der Waals surface area (Å²) in [6, 6.07) is 7.48. The van der Waals surface area contributed by atoms with E-state index >= 15 is 0 Å². The molecule has 1 aromatic heterocycles. The highest BCUT2D eigenvalue weighted by molar-refractivity contribution is 7.11. The zero-order chi connectivity index (χ0) is 13.1. The van der Waals surface area contributed by atoms with Gasteiger partial charge in [-0.3, -0.25) is 0 Å². The van der Waals surface area contributed by atoms with Crippen molar-refractivity contribution in [3.63, 3.8) is 0 Å². The minimum Gasteiger partial charge on any atom is -0.388 e. The zero-order valence-electron chi connectivity index (χ0n) is 9.99. The van der Waals surface area contributed by atoms with E-state index in [1.807, 2.05) is 19.1 Å². The second-order valence-corrected chi connectivity index (χ2v) is 5.33. The van der Waals surface area contributed by atoms with Gasteiger partial charge in [0.25, 0.3) is 0 Å². The molecule has 18 heavy (non-hydrogen) atoms. The molecule has 0 amide bonds. The Bertz CT molecular complexity index is 516. The standard InChI is InChI=1S/C14H14F2OS/c1-2-9-6-7-10(18-9)8-13(17)14-11(15)4-3-5-12(14)16/h3-7,13,17H,2,8H2,1H3. The lowest BCUT2D eigenvalue weighted by molar-refractivity contribution is 0.169. The Balaban J connectivity index is 2.19. The molecule has 0 aliphatic carbocycles. The van der Waals surface area contributed by atoms with Crippen molar-refractivity contribution in [1.82, 2.24) is 0 Å². The van der Waals surface area contributed by atoms with E-state index in [1.54, 1.807) is 11.3 Å². The fourth-order valence-electron chi connectivity index (χ4n) is 1.84. The van der Waals surface area contributed by atoms with Gasteiger partial charge in [-0.25, -0.2) is 8.78 Å². The molecule has 2 aromatic rings. The first-order valence-electron chi connectivity index (χ1n) is 5.81. The molecule has 0 radical (unpaired) electrons. The molecule has 1 aromatic carbocycles. The number of hydrogen-bond donors (Lipinski definition) is 1. The van der Waals surface area contributed by atoms with E-state index in [4.69, 9.17) is 0 Å². The molecule has 0 aliphatic heterocycles. The monoisotopic (exact) mass is 268 g/mol. The molecule has 1 unspecified atom stereocenters. The molecule has 0 saturated heterocycles. The van der Waals surface area contributed by atoms with Crippen LogP contribution in [-0.2, 0) is 12.8 Å². The van der Waals surface area contributed by atoms with Crippen molar-refractivity contribution in [2.75, 3.05) is 0 Å². The minimum absolute atomic E-state index is 0.239. The van der Waals surface area contributed by atoms with Crippen LogP contribution >= 0.6 is 11.3 Å². The van der Waals surface area contributed by atoms with E-state index < -0.39 is 17.7 Å². The van der Waals surface area contributed by atoms with E-state index in [9.17, 15) is 13.9 Å². The summed E-state index contributed by atoms with van der Waals surface area (Å²) in [6.07, 6.45) is 0.0201.